The summed E-state index contributed by atoms with van der Waals surface area (Å²) in [5.74, 6) is 1.10. The first-order valence-electron chi connectivity index (χ1n) is 6.83. The Hall–Kier alpha value is -2.54. The average Bonchev–Trinajstić information content (AvgIpc) is 3.16. The third-order valence-corrected chi connectivity index (χ3v) is 3.95. The van der Waals surface area contributed by atoms with Crippen molar-refractivity contribution < 1.29 is 4.52 Å². The van der Waals surface area contributed by atoms with Gasteiger partial charge in [0.15, 0.2) is 5.82 Å². The lowest BCUT2D eigenvalue weighted by molar-refractivity contribution is 0.229. The fraction of sp³-hybridized carbons (Fsp3) is 0.286. The van der Waals surface area contributed by atoms with Crippen LogP contribution in [0.3, 0.4) is 0 Å². The average molecular weight is 282 g/mol. The van der Waals surface area contributed by atoms with Crippen molar-refractivity contribution in [1.29, 1.82) is 0 Å². The van der Waals surface area contributed by atoms with E-state index >= 15 is 0 Å². The van der Waals surface area contributed by atoms with Gasteiger partial charge in [-0.15, -0.1) is 10.2 Å². The molecular weight excluding hydrogens is 268 g/mol. The van der Waals surface area contributed by atoms with E-state index in [2.05, 4.69) is 20.3 Å². The highest BCUT2D eigenvalue weighted by Crippen LogP contribution is 2.37. The summed E-state index contributed by atoms with van der Waals surface area (Å²) in [7, 11) is 0. The van der Waals surface area contributed by atoms with Crippen molar-refractivity contribution >= 4 is 0 Å². The molecule has 3 aromatic rings. The van der Waals surface area contributed by atoms with Crippen molar-refractivity contribution in [2.24, 2.45) is 5.73 Å². The molecule has 0 spiro atoms. The van der Waals surface area contributed by atoms with Crippen LogP contribution in [0.4, 0.5) is 0 Å². The number of rotatable bonds is 3. The summed E-state index contributed by atoms with van der Waals surface area (Å²) in [6, 6.07) is 7.75. The Morgan fingerprint density at radius 2 is 1.81 bits per heavy atom. The SMILES string of the molecule is NC1(c2noc(-c3ccc(-n4cnnc4)cc3)n2)CCC1. The molecule has 1 aliphatic rings. The van der Waals surface area contributed by atoms with Crippen molar-refractivity contribution in [2.75, 3.05) is 0 Å². The first kappa shape index (κ1) is 12.2. The van der Waals surface area contributed by atoms with Gasteiger partial charge in [0.25, 0.3) is 5.89 Å². The Morgan fingerprint density at radius 1 is 1.10 bits per heavy atom. The standard InChI is InChI=1S/C14H14N6O/c15-14(6-1-7-14)13-18-12(21-19-13)10-2-4-11(5-3-10)20-8-16-17-9-20/h2-5,8-9H,1,6-7,15H2. The molecule has 0 radical (unpaired) electrons. The summed E-state index contributed by atoms with van der Waals surface area (Å²) in [4.78, 5) is 4.43. The first-order chi connectivity index (χ1) is 10.2. The number of hydrogen-bond acceptors (Lipinski definition) is 6. The normalized spacial score (nSPS) is 16.6. The van der Waals surface area contributed by atoms with Crippen molar-refractivity contribution in [3.8, 4) is 17.1 Å². The fourth-order valence-electron chi connectivity index (χ4n) is 2.43. The second-order valence-corrected chi connectivity index (χ2v) is 5.35. The van der Waals surface area contributed by atoms with Crippen LogP contribution in [0.5, 0.6) is 0 Å². The van der Waals surface area contributed by atoms with E-state index in [-0.39, 0.29) is 0 Å². The molecule has 106 valence electrons. The van der Waals surface area contributed by atoms with Gasteiger partial charge in [0.1, 0.15) is 12.7 Å². The summed E-state index contributed by atoms with van der Waals surface area (Å²) in [5, 5.41) is 11.6. The zero-order chi connectivity index (χ0) is 14.3. The van der Waals surface area contributed by atoms with E-state index in [1.54, 1.807) is 12.7 Å². The first-order valence-corrected chi connectivity index (χ1v) is 6.83. The van der Waals surface area contributed by atoms with Gasteiger partial charge < -0.3 is 10.3 Å². The van der Waals surface area contributed by atoms with E-state index in [0.29, 0.717) is 11.7 Å². The Balaban J connectivity index is 1.62. The van der Waals surface area contributed by atoms with Gasteiger partial charge in [0.05, 0.1) is 5.54 Å². The van der Waals surface area contributed by atoms with Crippen molar-refractivity contribution in [3.63, 3.8) is 0 Å². The highest BCUT2D eigenvalue weighted by molar-refractivity contribution is 5.55. The third-order valence-electron chi connectivity index (χ3n) is 3.95. The number of nitrogens with two attached hydrogens (primary N) is 1. The molecule has 7 nitrogen and oxygen atoms in total. The van der Waals surface area contributed by atoms with Crippen LogP contribution in [0.15, 0.2) is 41.4 Å². The lowest BCUT2D eigenvalue weighted by Crippen LogP contribution is -2.44. The van der Waals surface area contributed by atoms with Gasteiger partial charge in [-0.05, 0) is 43.5 Å². The van der Waals surface area contributed by atoms with Crippen LogP contribution in [0.25, 0.3) is 17.1 Å². The van der Waals surface area contributed by atoms with Gasteiger partial charge in [-0.25, -0.2) is 0 Å². The zero-order valence-corrected chi connectivity index (χ0v) is 11.3. The van der Waals surface area contributed by atoms with Crippen LogP contribution in [0, 0.1) is 0 Å². The van der Waals surface area contributed by atoms with E-state index in [4.69, 9.17) is 10.3 Å². The van der Waals surface area contributed by atoms with E-state index in [9.17, 15) is 0 Å². The molecule has 1 aromatic carbocycles. The Morgan fingerprint density at radius 3 is 2.43 bits per heavy atom. The molecule has 0 unspecified atom stereocenters. The minimum atomic E-state index is -0.399. The number of benzene rings is 1. The van der Waals surface area contributed by atoms with E-state index in [1.807, 2.05) is 28.8 Å². The maximum absolute atomic E-state index is 6.20. The van der Waals surface area contributed by atoms with Crippen LogP contribution in [0.2, 0.25) is 0 Å². The molecule has 1 saturated carbocycles. The number of aromatic nitrogens is 5. The summed E-state index contributed by atoms with van der Waals surface area (Å²) < 4.78 is 7.16. The Labute approximate surface area is 120 Å². The lowest BCUT2D eigenvalue weighted by atomic mass is 9.77. The van der Waals surface area contributed by atoms with E-state index in [0.717, 1.165) is 30.5 Å². The molecule has 0 bridgehead atoms. The van der Waals surface area contributed by atoms with Gasteiger partial charge in [0, 0.05) is 11.3 Å². The molecule has 2 aromatic heterocycles. The molecule has 1 fully saturated rings. The maximum atomic E-state index is 6.20. The van der Waals surface area contributed by atoms with Crippen LogP contribution in [0.1, 0.15) is 25.1 Å². The molecule has 0 atom stereocenters. The van der Waals surface area contributed by atoms with Crippen LogP contribution < -0.4 is 5.73 Å². The van der Waals surface area contributed by atoms with Crippen molar-refractivity contribution in [2.45, 2.75) is 24.8 Å². The molecule has 2 heterocycles. The summed E-state index contributed by atoms with van der Waals surface area (Å²) in [5.41, 5.74) is 7.64. The Bertz CT molecular complexity index is 742. The minimum Gasteiger partial charge on any atom is -0.334 e. The Kier molecular flexibility index (Phi) is 2.61. The smallest absolute Gasteiger partial charge is 0.257 e. The van der Waals surface area contributed by atoms with Gasteiger partial charge >= 0.3 is 0 Å². The topological polar surface area (TPSA) is 95.7 Å². The van der Waals surface area contributed by atoms with Gasteiger partial charge in [-0.3, -0.25) is 4.57 Å². The molecule has 4 rings (SSSR count). The van der Waals surface area contributed by atoms with E-state index in [1.165, 1.54) is 0 Å². The fourth-order valence-corrected chi connectivity index (χ4v) is 2.43. The molecule has 7 heteroatoms. The van der Waals surface area contributed by atoms with E-state index < -0.39 is 5.54 Å². The molecule has 2 N–H and O–H groups in total. The molecule has 0 saturated heterocycles. The second kappa shape index (κ2) is 4.49. The number of nitrogens with zero attached hydrogens (tertiary/aromatic N) is 5. The third kappa shape index (κ3) is 2.02. The van der Waals surface area contributed by atoms with Crippen LogP contribution in [-0.4, -0.2) is 24.9 Å². The lowest BCUT2D eigenvalue weighted by Gasteiger charge is -2.34. The highest BCUT2D eigenvalue weighted by atomic mass is 16.5. The van der Waals surface area contributed by atoms with Gasteiger partial charge in [-0.1, -0.05) is 5.16 Å². The van der Waals surface area contributed by atoms with Gasteiger partial charge in [0.2, 0.25) is 0 Å². The molecule has 1 aliphatic carbocycles. The largest absolute Gasteiger partial charge is 0.334 e. The monoisotopic (exact) mass is 282 g/mol. The summed E-state index contributed by atoms with van der Waals surface area (Å²) >= 11 is 0. The predicted molar refractivity (Wildman–Crippen MR) is 74.4 cm³/mol. The predicted octanol–water partition coefficient (Wildman–Crippen LogP) is 1.66. The molecular formula is C14H14N6O. The van der Waals surface area contributed by atoms with Crippen molar-refractivity contribution in [1.82, 2.24) is 24.9 Å². The molecule has 21 heavy (non-hydrogen) atoms. The molecule has 0 amide bonds. The zero-order valence-electron chi connectivity index (χ0n) is 11.3. The van der Waals surface area contributed by atoms with Gasteiger partial charge in [-0.2, -0.15) is 4.98 Å². The minimum absolute atomic E-state index is 0.399. The highest BCUT2D eigenvalue weighted by Gasteiger charge is 2.39. The number of hydrogen-bond donors (Lipinski definition) is 1. The van der Waals surface area contributed by atoms with Crippen LogP contribution >= 0.6 is 0 Å². The van der Waals surface area contributed by atoms with Crippen molar-refractivity contribution in [3.05, 3.63) is 42.7 Å². The summed E-state index contributed by atoms with van der Waals surface area (Å²) in [6.07, 6.45) is 6.24. The quantitative estimate of drug-likeness (QED) is 0.784. The van der Waals surface area contributed by atoms with Crippen LogP contribution in [-0.2, 0) is 5.54 Å². The molecule has 0 aliphatic heterocycles. The second-order valence-electron chi connectivity index (χ2n) is 5.35. The maximum Gasteiger partial charge on any atom is 0.257 e. The summed E-state index contributed by atoms with van der Waals surface area (Å²) in [6.45, 7) is 0.